The molecule has 1 aromatic carbocycles. The molecule has 0 unspecified atom stereocenters. The second kappa shape index (κ2) is 7.09. The Morgan fingerprint density at radius 1 is 1.19 bits per heavy atom. The van der Waals surface area contributed by atoms with Crippen LogP contribution in [0.25, 0.3) is 0 Å². The molecular weight excluding hydrogens is 272 g/mol. The third-order valence-electron chi connectivity index (χ3n) is 2.49. The van der Waals surface area contributed by atoms with Crippen molar-refractivity contribution in [2.45, 2.75) is 6.92 Å². The van der Waals surface area contributed by atoms with Crippen LogP contribution in [0.1, 0.15) is 6.92 Å². The Morgan fingerprint density at radius 2 is 1.90 bits per heavy atom. The molecule has 2 N–H and O–H groups in total. The molecule has 0 saturated carbocycles. The third-order valence-corrected chi connectivity index (χ3v) is 2.49. The van der Waals surface area contributed by atoms with E-state index in [0.717, 1.165) is 0 Å². The van der Waals surface area contributed by atoms with E-state index in [2.05, 4.69) is 20.6 Å². The number of hydrogen-bond donors (Lipinski definition) is 2. The Bertz CT molecular complexity index is 601. The molecular formula is C14H16N4O3. The first-order chi connectivity index (χ1) is 10.2. The van der Waals surface area contributed by atoms with Gasteiger partial charge in [0.15, 0.2) is 0 Å². The summed E-state index contributed by atoms with van der Waals surface area (Å²) in [5, 5.41) is 5.31. The average molecular weight is 288 g/mol. The number of ether oxygens (including phenoxy) is 2. The second-order valence-corrected chi connectivity index (χ2v) is 4.00. The zero-order valence-corrected chi connectivity index (χ0v) is 11.8. The van der Waals surface area contributed by atoms with E-state index in [1.165, 1.54) is 12.4 Å². The molecule has 0 bridgehead atoms. The van der Waals surface area contributed by atoms with Gasteiger partial charge in [-0.25, -0.2) is 14.8 Å². The number of aromatic nitrogens is 2. The van der Waals surface area contributed by atoms with Crippen molar-refractivity contribution in [3.8, 4) is 11.8 Å². The van der Waals surface area contributed by atoms with E-state index in [1.807, 2.05) is 6.92 Å². The third kappa shape index (κ3) is 4.34. The van der Waals surface area contributed by atoms with Gasteiger partial charge < -0.3 is 20.1 Å². The minimum atomic E-state index is -0.393. The van der Waals surface area contributed by atoms with E-state index in [4.69, 9.17) is 9.47 Å². The van der Waals surface area contributed by atoms with E-state index in [9.17, 15) is 4.79 Å². The Labute approximate surface area is 122 Å². The van der Waals surface area contributed by atoms with Gasteiger partial charge in [-0.2, -0.15) is 0 Å². The van der Waals surface area contributed by atoms with Crippen LogP contribution in [0.5, 0.6) is 11.8 Å². The first kappa shape index (κ1) is 14.6. The Hall–Kier alpha value is -2.83. The van der Waals surface area contributed by atoms with E-state index >= 15 is 0 Å². The maximum Gasteiger partial charge on any atom is 0.323 e. The summed E-state index contributed by atoms with van der Waals surface area (Å²) in [6, 6.07) is 6.94. The minimum absolute atomic E-state index is 0.274. The lowest BCUT2D eigenvalue weighted by molar-refractivity contribution is 0.262. The van der Waals surface area contributed by atoms with Gasteiger partial charge in [0.2, 0.25) is 0 Å². The zero-order chi connectivity index (χ0) is 15.1. The summed E-state index contributed by atoms with van der Waals surface area (Å²) in [6.45, 7) is 2.33. The van der Waals surface area contributed by atoms with Crippen molar-refractivity contribution in [1.29, 1.82) is 0 Å². The first-order valence-electron chi connectivity index (χ1n) is 6.38. The largest absolute Gasteiger partial charge is 0.497 e. The molecule has 1 aromatic heterocycles. The molecule has 0 aliphatic heterocycles. The lowest BCUT2D eigenvalue weighted by atomic mass is 10.3. The number of nitrogens with zero attached hydrogens (tertiary/aromatic N) is 2. The molecule has 7 nitrogen and oxygen atoms in total. The van der Waals surface area contributed by atoms with Gasteiger partial charge in [0.05, 0.1) is 31.8 Å². The van der Waals surface area contributed by atoms with Gasteiger partial charge in [-0.1, -0.05) is 6.07 Å². The zero-order valence-electron chi connectivity index (χ0n) is 11.8. The van der Waals surface area contributed by atoms with Gasteiger partial charge >= 0.3 is 12.0 Å². The average Bonchev–Trinajstić information content (AvgIpc) is 2.49. The van der Waals surface area contributed by atoms with Crippen LogP contribution in [0.15, 0.2) is 36.7 Å². The van der Waals surface area contributed by atoms with Crippen LogP contribution in [0.3, 0.4) is 0 Å². The van der Waals surface area contributed by atoms with Gasteiger partial charge in [-0.05, 0) is 19.1 Å². The molecule has 2 amide bonds. The number of rotatable bonds is 5. The summed E-state index contributed by atoms with van der Waals surface area (Å²) in [6.07, 6.45) is 2.95. The SMILES string of the molecule is CCOc1ncc(NC(=O)Nc2cccc(OC)c2)cn1. The number of carbonyl (C=O) groups is 1. The molecule has 2 aromatic rings. The van der Waals surface area contributed by atoms with Crippen molar-refractivity contribution in [2.75, 3.05) is 24.4 Å². The molecule has 0 aliphatic carbocycles. The molecule has 1 heterocycles. The molecule has 0 spiro atoms. The minimum Gasteiger partial charge on any atom is -0.497 e. The van der Waals surface area contributed by atoms with Crippen LogP contribution in [-0.4, -0.2) is 29.7 Å². The Morgan fingerprint density at radius 3 is 2.57 bits per heavy atom. The summed E-state index contributed by atoms with van der Waals surface area (Å²) in [5.74, 6) is 0.664. The van der Waals surface area contributed by atoms with Crippen LogP contribution in [0, 0.1) is 0 Å². The predicted octanol–water partition coefficient (Wildman–Crippen LogP) is 2.53. The number of carbonyl (C=O) groups excluding carboxylic acids is 1. The van der Waals surface area contributed by atoms with Crippen molar-refractivity contribution in [3.05, 3.63) is 36.7 Å². The van der Waals surface area contributed by atoms with Crippen molar-refractivity contribution in [1.82, 2.24) is 9.97 Å². The van der Waals surface area contributed by atoms with Crippen molar-refractivity contribution in [2.24, 2.45) is 0 Å². The summed E-state index contributed by atoms with van der Waals surface area (Å²) in [7, 11) is 1.57. The number of urea groups is 1. The van der Waals surface area contributed by atoms with Crippen LogP contribution >= 0.6 is 0 Å². The topological polar surface area (TPSA) is 85.4 Å². The van der Waals surface area contributed by atoms with Crippen LogP contribution in [0.4, 0.5) is 16.2 Å². The highest BCUT2D eigenvalue weighted by Gasteiger charge is 2.05. The van der Waals surface area contributed by atoms with E-state index in [0.29, 0.717) is 23.7 Å². The van der Waals surface area contributed by atoms with E-state index < -0.39 is 6.03 Å². The van der Waals surface area contributed by atoms with Crippen molar-refractivity contribution in [3.63, 3.8) is 0 Å². The number of benzene rings is 1. The van der Waals surface area contributed by atoms with Crippen molar-refractivity contribution >= 4 is 17.4 Å². The Balaban J connectivity index is 1.94. The van der Waals surface area contributed by atoms with E-state index in [1.54, 1.807) is 31.4 Å². The quantitative estimate of drug-likeness (QED) is 0.883. The number of anilines is 2. The fraction of sp³-hybridized carbons (Fsp3) is 0.214. The van der Waals surface area contributed by atoms with Gasteiger partial charge in [0.1, 0.15) is 5.75 Å². The molecule has 0 radical (unpaired) electrons. The number of amides is 2. The van der Waals surface area contributed by atoms with Gasteiger partial charge in [0, 0.05) is 11.8 Å². The van der Waals surface area contributed by atoms with E-state index in [-0.39, 0.29) is 6.01 Å². The lowest BCUT2D eigenvalue weighted by Gasteiger charge is -2.08. The van der Waals surface area contributed by atoms with Crippen LogP contribution in [-0.2, 0) is 0 Å². The molecule has 0 aliphatic rings. The maximum atomic E-state index is 11.8. The summed E-state index contributed by atoms with van der Waals surface area (Å²) in [4.78, 5) is 19.8. The van der Waals surface area contributed by atoms with Gasteiger partial charge in [-0.15, -0.1) is 0 Å². The Kier molecular flexibility index (Phi) is 4.92. The van der Waals surface area contributed by atoms with Crippen molar-refractivity contribution < 1.29 is 14.3 Å². The maximum absolute atomic E-state index is 11.8. The monoisotopic (exact) mass is 288 g/mol. The predicted molar refractivity (Wildman–Crippen MR) is 78.8 cm³/mol. The highest BCUT2D eigenvalue weighted by molar-refractivity contribution is 5.99. The van der Waals surface area contributed by atoms with Gasteiger partial charge in [0.25, 0.3) is 0 Å². The van der Waals surface area contributed by atoms with Crippen LogP contribution < -0.4 is 20.1 Å². The summed E-state index contributed by atoms with van der Waals surface area (Å²) < 4.78 is 10.2. The molecule has 2 rings (SSSR count). The second-order valence-electron chi connectivity index (χ2n) is 4.00. The molecule has 110 valence electrons. The lowest BCUT2D eigenvalue weighted by Crippen LogP contribution is -2.19. The number of nitrogens with one attached hydrogen (secondary N) is 2. The molecule has 0 saturated heterocycles. The summed E-state index contributed by atoms with van der Waals surface area (Å²) >= 11 is 0. The highest BCUT2D eigenvalue weighted by atomic mass is 16.5. The number of methoxy groups -OCH3 is 1. The molecule has 0 fully saturated rings. The fourth-order valence-electron chi connectivity index (χ4n) is 1.58. The highest BCUT2D eigenvalue weighted by Crippen LogP contribution is 2.17. The first-order valence-corrected chi connectivity index (χ1v) is 6.38. The molecule has 21 heavy (non-hydrogen) atoms. The smallest absolute Gasteiger partial charge is 0.323 e. The normalized spacial score (nSPS) is 9.81. The fourth-order valence-corrected chi connectivity index (χ4v) is 1.58. The molecule has 0 atom stereocenters. The molecule has 7 heteroatoms. The summed E-state index contributed by atoms with van der Waals surface area (Å²) in [5.41, 5.74) is 1.09. The standard InChI is InChI=1S/C14H16N4O3/c1-3-21-14-15-8-11(9-16-14)18-13(19)17-10-5-4-6-12(7-10)20-2/h4-9H,3H2,1-2H3,(H2,17,18,19). The number of hydrogen-bond acceptors (Lipinski definition) is 5. The van der Waals surface area contributed by atoms with Gasteiger partial charge in [-0.3, -0.25) is 0 Å². The van der Waals surface area contributed by atoms with Crippen LogP contribution in [0.2, 0.25) is 0 Å².